The van der Waals surface area contributed by atoms with Crippen LogP contribution in [-0.2, 0) is 17.8 Å². The lowest BCUT2D eigenvalue weighted by Crippen LogP contribution is -2.47. The molecule has 1 atom stereocenters. The van der Waals surface area contributed by atoms with E-state index in [0.29, 0.717) is 12.8 Å². The van der Waals surface area contributed by atoms with Crippen molar-refractivity contribution >= 4 is 16.9 Å². The fraction of sp³-hybridized carbons (Fsp3) is 0.381. The van der Waals surface area contributed by atoms with Gasteiger partial charge in [0.1, 0.15) is 5.82 Å². The molecular formula is C21H25N5O. The Kier molecular flexibility index (Phi) is 5.44. The van der Waals surface area contributed by atoms with Gasteiger partial charge in [0.25, 0.3) is 0 Å². The molecule has 6 heteroatoms. The molecule has 1 aromatic carbocycles. The fourth-order valence-electron chi connectivity index (χ4n) is 3.72. The smallest absolute Gasteiger partial charge is 0.220 e. The monoisotopic (exact) mass is 363 g/mol. The molecule has 0 radical (unpaired) electrons. The highest BCUT2D eigenvalue weighted by Gasteiger charge is 2.21. The molecule has 2 aromatic heterocycles. The maximum Gasteiger partial charge on any atom is 0.220 e. The number of benzene rings is 1. The van der Waals surface area contributed by atoms with Crippen molar-refractivity contribution in [2.45, 2.75) is 38.3 Å². The minimum Gasteiger partial charge on any atom is -0.352 e. The van der Waals surface area contributed by atoms with Crippen LogP contribution in [0.2, 0.25) is 0 Å². The minimum atomic E-state index is 0.101. The van der Waals surface area contributed by atoms with E-state index in [-0.39, 0.29) is 11.9 Å². The number of hydrogen-bond acceptors (Lipinski definition) is 4. The van der Waals surface area contributed by atoms with Crippen LogP contribution in [0.25, 0.3) is 11.0 Å². The van der Waals surface area contributed by atoms with Crippen molar-refractivity contribution in [1.82, 2.24) is 25.2 Å². The van der Waals surface area contributed by atoms with E-state index < -0.39 is 0 Å². The number of hydrogen-bond donors (Lipinski definition) is 2. The molecule has 0 saturated carbocycles. The van der Waals surface area contributed by atoms with Gasteiger partial charge in [-0.25, -0.2) is 4.98 Å². The van der Waals surface area contributed by atoms with Gasteiger partial charge in [0, 0.05) is 44.4 Å². The van der Waals surface area contributed by atoms with Crippen molar-refractivity contribution in [2.75, 3.05) is 13.1 Å². The van der Waals surface area contributed by atoms with Crippen LogP contribution in [-0.4, -0.2) is 44.9 Å². The van der Waals surface area contributed by atoms with E-state index in [4.69, 9.17) is 0 Å². The maximum absolute atomic E-state index is 12.4. The Morgan fingerprint density at radius 3 is 3.04 bits per heavy atom. The van der Waals surface area contributed by atoms with Gasteiger partial charge in [-0.05, 0) is 43.1 Å². The van der Waals surface area contributed by atoms with Gasteiger partial charge >= 0.3 is 0 Å². The van der Waals surface area contributed by atoms with Crippen LogP contribution in [0.5, 0.6) is 0 Å². The second kappa shape index (κ2) is 8.31. The molecule has 0 aliphatic carbocycles. The normalized spacial score (nSPS) is 17.9. The average Bonchev–Trinajstić information content (AvgIpc) is 3.11. The van der Waals surface area contributed by atoms with Crippen LogP contribution in [0.1, 0.15) is 30.7 Å². The third-order valence-electron chi connectivity index (χ3n) is 5.03. The van der Waals surface area contributed by atoms with E-state index in [1.54, 1.807) is 6.20 Å². The number of imidazole rings is 1. The van der Waals surface area contributed by atoms with E-state index in [0.717, 1.165) is 49.3 Å². The zero-order chi connectivity index (χ0) is 18.5. The summed E-state index contributed by atoms with van der Waals surface area (Å²) in [6.45, 7) is 2.85. The van der Waals surface area contributed by atoms with Gasteiger partial charge in [-0.15, -0.1) is 0 Å². The number of piperidine rings is 1. The number of rotatable bonds is 6. The van der Waals surface area contributed by atoms with Crippen LogP contribution in [0.15, 0.2) is 48.8 Å². The number of para-hydroxylation sites is 2. The van der Waals surface area contributed by atoms with Gasteiger partial charge in [0.2, 0.25) is 5.91 Å². The first-order valence-electron chi connectivity index (χ1n) is 9.60. The Morgan fingerprint density at radius 1 is 1.26 bits per heavy atom. The lowest BCUT2D eigenvalue weighted by atomic mass is 10.0. The number of pyridine rings is 1. The van der Waals surface area contributed by atoms with Crippen LogP contribution in [0.4, 0.5) is 0 Å². The number of aromatic nitrogens is 3. The highest BCUT2D eigenvalue weighted by molar-refractivity contribution is 5.77. The third kappa shape index (κ3) is 4.71. The number of carbonyl (C=O) groups is 1. The lowest BCUT2D eigenvalue weighted by Gasteiger charge is -2.33. The van der Waals surface area contributed by atoms with Crippen molar-refractivity contribution in [3.8, 4) is 0 Å². The molecule has 0 bridgehead atoms. The number of carbonyl (C=O) groups excluding carboxylic acids is 1. The molecule has 1 saturated heterocycles. The van der Waals surface area contributed by atoms with E-state index in [2.05, 4.69) is 31.2 Å². The predicted molar refractivity (Wildman–Crippen MR) is 105 cm³/mol. The molecule has 1 amide bonds. The number of nitrogens with zero attached hydrogens (tertiary/aromatic N) is 3. The van der Waals surface area contributed by atoms with Crippen LogP contribution >= 0.6 is 0 Å². The maximum atomic E-state index is 12.4. The zero-order valence-electron chi connectivity index (χ0n) is 15.4. The molecular weight excluding hydrogens is 338 g/mol. The zero-order valence-corrected chi connectivity index (χ0v) is 15.4. The van der Waals surface area contributed by atoms with Gasteiger partial charge < -0.3 is 10.3 Å². The molecule has 1 aliphatic heterocycles. The molecule has 1 aliphatic rings. The van der Waals surface area contributed by atoms with Crippen LogP contribution in [0, 0.1) is 0 Å². The number of likely N-dealkylation sites (tertiary alicyclic amines) is 1. The first-order valence-corrected chi connectivity index (χ1v) is 9.60. The molecule has 0 unspecified atom stereocenters. The van der Waals surface area contributed by atoms with Crippen molar-refractivity contribution in [3.05, 3.63) is 60.2 Å². The highest BCUT2D eigenvalue weighted by atomic mass is 16.1. The molecule has 140 valence electrons. The second-order valence-electron chi connectivity index (χ2n) is 7.20. The summed E-state index contributed by atoms with van der Waals surface area (Å²) in [6, 6.07) is 12.2. The van der Waals surface area contributed by atoms with Crippen molar-refractivity contribution in [2.24, 2.45) is 0 Å². The number of aryl methyl sites for hydroxylation is 1. The van der Waals surface area contributed by atoms with Gasteiger partial charge in [-0.3, -0.25) is 14.7 Å². The Hall–Kier alpha value is -2.73. The van der Waals surface area contributed by atoms with E-state index in [9.17, 15) is 4.79 Å². The third-order valence-corrected chi connectivity index (χ3v) is 5.03. The lowest BCUT2D eigenvalue weighted by molar-refractivity contribution is -0.122. The topological polar surface area (TPSA) is 73.9 Å². The molecule has 3 heterocycles. The second-order valence-corrected chi connectivity index (χ2v) is 7.20. The highest BCUT2D eigenvalue weighted by Crippen LogP contribution is 2.14. The minimum absolute atomic E-state index is 0.101. The van der Waals surface area contributed by atoms with Crippen molar-refractivity contribution in [1.29, 1.82) is 0 Å². The number of aromatic amines is 1. The van der Waals surface area contributed by atoms with Crippen LogP contribution in [0.3, 0.4) is 0 Å². The van der Waals surface area contributed by atoms with Crippen molar-refractivity contribution in [3.63, 3.8) is 0 Å². The Balaban J connectivity index is 1.26. The van der Waals surface area contributed by atoms with E-state index in [1.807, 2.05) is 36.5 Å². The average molecular weight is 363 g/mol. The first-order chi connectivity index (χ1) is 13.3. The number of H-pyrrole nitrogens is 1. The van der Waals surface area contributed by atoms with Crippen LogP contribution < -0.4 is 5.32 Å². The summed E-state index contributed by atoms with van der Waals surface area (Å²) in [5.74, 6) is 0.969. The molecule has 6 nitrogen and oxygen atoms in total. The Labute approximate surface area is 159 Å². The summed E-state index contributed by atoms with van der Waals surface area (Å²) in [5.41, 5.74) is 3.19. The van der Waals surface area contributed by atoms with E-state index in [1.165, 1.54) is 5.56 Å². The quantitative estimate of drug-likeness (QED) is 0.706. The van der Waals surface area contributed by atoms with Crippen molar-refractivity contribution < 1.29 is 4.79 Å². The fourth-order valence-corrected chi connectivity index (χ4v) is 3.72. The summed E-state index contributed by atoms with van der Waals surface area (Å²) in [4.78, 5) is 26.8. The molecule has 2 N–H and O–H groups in total. The molecule has 0 spiro atoms. The van der Waals surface area contributed by atoms with Gasteiger partial charge in [-0.1, -0.05) is 18.2 Å². The molecule has 27 heavy (non-hydrogen) atoms. The first kappa shape index (κ1) is 17.7. The molecule has 3 aromatic rings. The summed E-state index contributed by atoms with van der Waals surface area (Å²) in [5, 5.41) is 3.20. The summed E-state index contributed by atoms with van der Waals surface area (Å²) < 4.78 is 0. The number of fused-ring (bicyclic) bond motifs is 1. The van der Waals surface area contributed by atoms with Gasteiger partial charge in [0.05, 0.1) is 11.0 Å². The summed E-state index contributed by atoms with van der Waals surface area (Å²) in [7, 11) is 0. The number of nitrogens with one attached hydrogen (secondary N) is 2. The largest absolute Gasteiger partial charge is 0.352 e. The summed E-state index contributed by atoms with van der Waals surface area (Å²) in [6.07, 6.45) is 6.94. The predicted octanol–water partition coefficient (Wildman–Crippen LogP) is 2.67. The number of amides is 1. The molecule has 1 fully saturated rings. The Morgan fingerprint density at radius 2 is 2.19 bits per heavy atom. The standard InChI is InChI=1S/C21H25N5O/c27-21(10-9-20-24-18-7-1-2-8-19(18)25-20)23-17-6-4-12-26(15-17)14-16-5-3-11-22-13-16/h1-3,5,7-8,11,13,17H,4,6,9-10,12,14-15H2,(H,23,27)(H,24,25)/t17-/m1/s1. The van der Waals surface area contributed by atoms with E-state index >= 15 is 0 Å². The SMILES string of the molecule is O=C(CCc1nc2ccccc2[nH]1)N[C@@H]1CCCN(Cc2cccnc2)C1. The summed E-state index contributed by atoms with van der Waals surface area (Å²) >= 11 is 0. The molecule has 4 rings (SSSR count). The van der Waals surface area contributed by atoms with Gasteiger partial charge in [-0.2, -0.15) is 0 Å². The van der Waals surface area contributed by atoms with Gasteiger partial charge in [0.15, 0.2) is 0 Å². The Bertz CT molecular complexity index is 859.